The van der Waals surface area contributed by atoms with Gasteiger partial charge in [-0.3, -0.25) is 0 Å². The van der Waals surface area contributed by atoms with Gasteiger partial charge < -0.3 is 8.83 Å². The molecule has 11 rings (SSSR count). The first-order valence-electron chi connectivity index (χ1n) is 20.4. The molecule has 0 bridgehead atoms. The van der Waals surface area contributed by atoms with Crippen molar-refractivity contribution in [1.82, 2.24) is 0 Å². The summed E-state index contributed by atoms with van der Waals surface area (Å²) in [5.74, 6) is 0. The van der Waals surface area contributed by atoms with E-state index in [1.165, 1.54) is 0 Å². The molecule has 232 valence electrons. The van der Waals surface area contributed by atoms with Gasteiger partial charge in [0.2, 0.25) is 0 Å². The molecule has 50 heavy (non-hydrogen) atoms. The summed E-state index contributed by atoms with van der Waals surface area (Å²) in [5.41, 5.74) is 6.59. The Hall–Kier alpha value is -6.64. The monoisotopic (exact) mass is 644 g/mol. The van der Waals surface area contributed by atoms with Crippen LogP contribution >= 0.6 is 0 Å². The molecule has 0 fully saturated rings. The minimum absolute atomic E-state index is 0.181. The smallest absolute Gasteiger partial charge is 0.136 e. The highest BCUT2D eigenvalue weighted by Gasteiger charge is 2.19. The van der Waals surface area contributed by atoms with Gasteiger partial charge in [-0.1, -0.05) is 139 Å². The van der Waals surface area contributed by atoms with E-state index < -0.39 is 24.2 Å². The highest BCUT2D eigenvalue weighted by molar-refractivity contribution is 6.26. The summed E-state index contributed by atoms with van der Waals surface area (Å²) in [6.45, 7) is 0. The fourth-order valence-electron chi connectivity index (χ4n) is 7.72. The Morgan fingerprint density at radius 3 is 1.62 bits per heavy atom. The Kier molecular flexibility index (Phi) is 4.31. The summed E-state index contributed by atoms with van der Waals surface area (Å²) in [7, 11) is 0. The van der Waals surface area contributed by atoms with Crippen molar-refractivity contribution in [3.05, 3.63) is 170 Å². The fraction of sp³-hybridized carbons (Fsp3) is 0. The minimum Gasteiger partial charge on any atom is -0.456 e. The number of benzene rings is 9. The molecule has 2 aromatic heterocycles. The van der Waals surface area contributed by atoms with E-state index in [0.717, 1.165) is 60.2 Å². The second-order valence-electron chi connectivity index (χ2n) is 12.6. The normalized spacial score (nSPS) is 14.2. The maximum Gasteiger partial charge on any atom is 0.136 e. The number of hydrogen-bond donors (Lipinski definition) is 0. The van der Waals surface area contributed by atoms with Gasteiger partial charge in [-0.25, -0.2) is 0 Å². The van der Waals surface area contributed by atoms with E-state index in [4.69, 9.17) is 14.3 Å². The molecule has 0 N–H and O–H groups in total. The molecule has 9 aromatic carbocycles. The van der Waals surface area contributed by atoms with Gasteiger partial charge in [-0.15, -0.1) is 0 Å². The highest BCUT2D eigenvalue weighted by atomic mass is 16.3. The molecule has 0 unspecified atom stereocenters. The van der Waals surface area contributed by atoms with Gasteiger partial charge in [-0.05, 0) is 96.0 Å². The third kappa shape index (κ3) is 3.90. The van der Waals surface area contributed by atoms with E-state index in [-0.39, 0.29) is 45.7 Å². The van der Waals surface area contributed by atoms with Crippen molar-refractivity contribution in [2.45, 2.75) is 0 Å². The van der Waals surface area contributed by atoms with E-state index in [1.807, 2.05) is 115 Å². The zero-order valence-corrected chi connectivity index (χ0v) is 26.4. The molecule has 0 spiro atoms. The molecule has 2 heterocycles. The first kappa shape index (κ1) is 20.7. The molecule has 0 saturated heterocycles. The molecule has 11 aromatic rings. The number of hydrogen-bond acceptors (Lipinski definition) is 2. The van der Waals surface area contributed by atoms with Crippen LogP contribution in [0.3, 0.4) is 0 Å². The summed E-state index contributed by atoms with van der Waals surface area (Å²) in [5, 5.41) is 6.38. The predicted octanol–water partition coefficient (Wildman–Crippen LogP) is 13.9. The lowest BCUT2D eigenvalue weighted by Gasteiger charge is -2.19. The standard InChI is InChI=1S/C48H28O2/c1-2-12-33-30(10-1)11-9-18-34(33)46-37-15-5-3-13-35(37)45(36-14-4-6-16-38(36)46)31-22-20-29(21-23-31)32-24-25-40-44(28-32)50-43-27-26-42-47(48(40)43)39-17-7-8-19-41(39)49-42/h1-28H/i3D,4D,5D,6D,13D,14D,15D,16D. The molecule has 0 amide bonds. The van der Waals surface area contributed by atoms with Gasteiger partial charge in [0.15, 0.2) is 0 Å². The van der Waals surface area contributed by atoms with Crippen molar-refractivity contribution in [2.24, 2.45) is 0 Å². The third-order valence-electron chi connectivity index (χ3n) is 9.92. The first-order valence-corrected chi connectivity index (χ1v) is 16.4. The second-order valence-corrected chi connectivity index (χ2v) is 12.6. The summed E-state index contributed by atoms with van der Waals surface area (Å²) >= 11 is 0. The van der Waals surface area contributed by atoms with Gasteiger partial charge in [0.25, 0.3) is 0 Å². The van der Waals surface area contributed by atoms with Gasteiger partial charge in [0.05, 0.1) is 11.0 Å². The van der Waals surface area contributed by atoms with Crippen molar-refractivity contribution in [3.8, 4) is 33.4 Å². The molecule has 0 aliphatic heterocycles. The Bertz CT molecular complexity index is 3520. The third-order valence-corrected chi connectivity index (χ3v) is 9.92. The van der Waals surface area contributed by atoms with Crippen LogP contribution in [0.25, 0.3) is 110 Å². The summed E-state index contributed by atoms with van der Waals surface area (Å²) < 4.78 is 84.9. The van der Waals surface area contributed by atoms with Gasteiger partial charge in [-0.2, -0.15) is 0 Å². The van der Waals surface area contributed by atoms with E-state index >= 15 is 0 Å². The molecule has 0 aliphatic rings. The lowest BCUT2D eigenvalue weighted by molar-refractivity contribution is 0.663. The quantitative estimate of drug-likeness (QED) is 0.179. The molecular formula is C48H28O2. The van der Waals surface area contributed by atoms with Crippen LogP contribution in [0.15, 0.2) is 179 Å². The summed E-state index contributed by atoms with van der Waals surface area (Å²) in [6, 6.07) is 35.8. The fourth-order valence-corrected chi connectivity index (χ4v) is 7.72. The van der Waals surface area contributed by atoms with E-state index in [2.05, 4.69) is 6.07 Å². The Morgan fingerprint density at radius 2 is 0.900 bits per heavy atom. The zero-order valence-electron chi connectivity index (χ0n) is 34.4. The number of furan rings is 2. The number of rotatable bonds is 3. The maximum absolute atomic E-state index is 9.32. The van der Waals surface area contributed by atoms with Crippen LogP contribution in [0.4, 0.5) is 0 Å². The highest BCUT2D eigenvalue weighted by Crippen LogP contribution is 2.46. The maximum atomic E-state index is 9.32. The van der Waals surface area contributed by atoms with Crippen LogP contribution in [0.2, 0.25) is 0 Å². The molecule has 2 heteroatoms. The van der Waals surface area contributed by atoms with Gasteiger partial charge in [0.1, 0.15) is 22.3 Å². The van der Waals surface area contributed by atoms with Crippen molar-refractivity contribution < 1.29 is 19.8 Å². The lowest BCUT2D eigenvalue weighted by Crippen LogP contribution is -1.91. The summed E-state index contributed by atoms with van der Waals surface area (Å²) in [4.78, 5) is 0. The van der Waals surface area contributed by atoms with Gasteiger partial charge in [0, 0.05) is 21.5 Å². The lowest BCUT2D eigenvalue weighted by atomic mass is 9.84. The average Bonchev–Trinajstić information content (AvgIpc) is 3.83. The van der Waals surface area contributed by atoms with Crippen molar-refractivity contribution in [3.63, 3.8) is 0 Å². The van der Waals surface area contributed by atoms with Crippen LogP contribution < -0.4 is 0 Å². The van der Waals surface area contributed by atoms with Crippen LogP contribution in [0.5, 0.6) is 0 Å². The Balaban J connectivity index is 1.17. The molecule has 0 atom stereocenters. The number of fused-ring (bicyclic) bond motifs is 10. The van der Waals surface area contributed by atoms with Crippen molar-refractivity contribution in [2.75, 3.05) is 0 Å². The molecule has 0 aliphatic carbocycles. The van der Waals surface area contributed by atoms with E-state index in [0.29, 0.717) is 27.8 Å². The molecule has 2 nitrogen and oxygen atoms in total. The van der Waals surface area contributed by atoms with Crippen LogP contribution in [-0.2, 0) is 0 Å². The Morgan fingerprint density at radius 1 is 0.360 bits per heavy atom. The van der Waals surface area contributed by atoms with E-state index in [1.54, 1.807) is 0 Å². The second kappa shape index (κ2) is 10.4. The number of para-hydroxylation sites is 1. The van der Waals surface area contributed by atoms with Crippen LogP contribution in [-0.4, -0.2) is 0 Å². The van der Waals surface area contributed by atoms with Crippen LogP contribution in [0, 0.1) is 0 Å². The topological polar surface area (TPSA) is 26.3 Å². The first-order chi connectivity index (χ1) is 28.1. The Labute approximate surface area is 298 Å². The SMILES string of the molecule is [2H]c1c([2H])c([2H])c2c(-c3cccc4ccccc34)c3c([2H])c([2H])c([2H])c([2H])c3c(-c3ccc(-c4ccc5c(c4)oc4ccc6oc7ccccc7c6c45)cc3)c2c1[2H]. The zero-order chi connectivity index (χ0) is 39.7. The minimum atomic E-state index is -0.431. The molecule has 0 radical (unpaired) electrons. The van der Waals surface area contributed by atoms with Crippen molar-refractivity contribution in [1.29, 1.82) is 0 Å². The predicted molar refractivity (Wildman–Crippen MR) is 210 cm³/mol. The largest absolute Gasteiger partial charge is 0.456 e. The van der Waals surface area contributed by atoms with Crippen molar-refractivity contribution >= 4 is 76.2 Å². The van der Waals surface area contributed by atoms with Crippen LogP contribution in [0.1, 0.15) is 11.0 Å². The van der Waals surface area contributed by atoms with E-state index in [9.17, 15) is 5.48 Å². The van der Waals surface area contributed by atoms with Gasteiger partial charge >= 0.3 is 0 Å². The summed E-state index contributed by atoms with van der Waals surface area (Å²) in [6.07, 6.45) is 0. The molecular weight excluding hydrogens is 609 g/mol. The molecule has 0 saturated carbocycles. The average molecular weight is 645 g/mol.